The highest BCUT2D eigenvalue weighted by atomic mass is 16.7. The number of phenols is 2. The summed E-state index contributed by atoms with van der Waals surface area (Å²) in [7, 11) is 0. The van der Waals surface area contributed by atoms with Gasteiger partial charge >= 0.3 is 5.97 Å². The molecule has 416 valence electrons. The summed E-state index contributed by atoms with van der Waals surface area (Å²) >= 11 is 0. The number of benzene rings is 4. The van der Waals surface area contributed by atoms with E-state index in [1.165, 1.54) is 30.3 Å². The minimum Gasteiger partial charge on any atom is -0.508 e. The molecule has 24 heteroatoms. The molecule has 0 aliphatic carbocycles. The van der Waals surface area contributed by atoms with Crippen LogP contribution < -0.4 is 36.4 Å². The molecular formula is C54H62N6O18. The van der Waals surface area contributed by atoms with Gasteiger partial charge in [-0.1, -0.05) is 18.2 Å². The molecule has 0 aromatic heterocycles. The number of aliphatic hydroxyl groups is 4. The van der Waals surface area contributed by atoms with Crippen molar-refractivity contribution in [2.24, 2.45) is 0 Å². The molecule has 0 unspecified atom stereocenters. The molecule has 0 saturated carbocycles. The fourth-order valence-corrected chi connectivity index (χ4v) is 8.95. The number of hydrogen-bond acceptors (Lipinski definition) is 21. The quantitative estimate of drug-likeness (QED) is 0.0222. The maximum Gasteiger partial charge on any atom is 0.340 e. The van der Waals surface area contributed by atoms with Crippen molar-refractivity contribution in [3.63, 3.8) is 0 Å². The zero-order valence-electron chi connectivity index (χ0n) is 42.3. The summed E-state index contributed by atoms with van der Waals surface area (Å²) in [4.78, 5) is 53.0. The first kappa shape index (κ1) is 56.7. The lowest BCUT2D eigenvalue weighted by atomic mass is 9.77. The van der Waals surface area contributed by atoms with Crippen molar-refractivity contribution < 1.29 is 87.7 Å². The molecule has 3 amide bonds. The number of carbonyl (C=O) groups is 4. The number of aliphatic hydroxyl groups excluding tert-OH is 4. The van der Waals surface area contributed by atoms with E-state index in [1.807, 2.05) is 12.1 Å². The number of fused-ring (bicyclic) bond motifs is 6. The summed E-state index contributed by atoms with van der Waals surface area (Å²) in [6.45, 7) is 1.94. The molecule has 11 N–H and O–H groups in total. The van der Waals surface area contributed by atoms with Crippen LogP contribution in [0.4, 0.5) is 5.69 Å². The minimum absolute atomic E-state index is 0.0155. The largest absolute Gasteiger partial charge is 0.508 e. The van der Waals surface area contributed by atoms with Crippen molar-refractivity contribution >= 4 is 29.4 Å². The van der Waals surface area contributed by atoms with Crippen molar-refractivity contribution in [3.05, 3.63) is 119 Å². The second kappa shape index (κ2) is 26.7. The SMILES string of the molecule is C#CCCC(=O)N[C@@H](CC1=CN(CCOCCOCCOCCOc2ccc(CCO[C@@H]3O[C@H](CO)[C@@H](O)[C@H](O)[C@H]3O)cc2)NN1)C(=O)NCC(=O)Nc1ccc2c(c1)C(=O)OC21c2ccc(O)cc2Oc2cc(O)ccc21. The summed E-state index contributed by atoms with van der Waals surface area (Å²) < 4.78 is 45.6. The summed E-state index contributed by atoms with van der Waals surface area (Å²) in [5.74, 6) is 0.915. The standard InChI is InChI=1S/C54H62N6O18/c1-2-3-4-46(64)57-42(51(69)55-29-47(65)56-33-7-12-39-38(25-33)52(70)78-54(39)40-13-8-35(62)27-43(40)76-44-28-36(63)9-14-41(44)54)26-34-30-60(59-58-34)16-18-71-19-20-72-21-22-73-23-24-74-37-10-5-32(6-11-37)15-17-75-53-50(68)49(67)48(66)45(31-61)77-53/h1,5-14,25,27-28,30,42,45,48-50,53,58-59,61-63,66-68H,3-4,15-24,26,29,31H2,(H,55,69)(H,56,65)(H,57,64)/t42-,45+,48+,49-,50+,53+/m0/s1. The van der Waals surface area contributed by atoms with Gasteiger partial charge in [0.1, 0.15) is 65.8 Å². The molecule has 0 bridgehead atoms. The van der Waals surface area contributed by atoms with E-state index in [0.29, 0.717) is 87.4 Å². The lowest BCUT2D eigenvalue weighted by Crippen LogP contribution is -2.59. The number of carbonyl (C=O) groups excluding carboxylic acids is 4. The number of nitrogens with one attached hydrogen (secondary N) is 5. The van der Waals surface area contributed by atoms with Crippen LogP contribution in [0.3, 0.4) is 0 Å². The second-order valence-electron chi connectivity index (χ2n) is 18.3. The highest BCUT2D eigenvalue weighted by molar-refractivity contribution is 6.01. The first-order valence-corrected chi connectivity index (χ1v) is 25.2. The minimum atomic E-state index is -1.50. The van der Waals surface area contributed by atoms with Crippen LogP contribution >= 0.6 is 0 Å². The van der Waals surface area contributed by atoms with Crippen LogP contribution in [0.15, 0.2) is 90.8 Å². The fourth-order valence-electron chi connectivity index (χ4n) is 8.95. The van der Waals surface area contributed by atoms with Gasteiger partial charge < -0.3 is 89.9 Å². The van der Waals surface area contributed by atoms with E-state index in [4.69, 9.17) is 44.3 Å². The number of aromatic hydroxyl groups is 2. The van der Waals surface area contributed by atoms with Gasteiger partial charge in [0.15, 0.2) is 11.9 Å². The zero-order chi connectivity index (χ0) is 55.2. The van der Waals surface area contributed by atoms with Crippen molar-refractivity contribution in [2.75, 3.05) is 77.9 Å². The number of rotatable bonds is 27. The van der Waals surface area contributed by atoms with Crippen molar-refractivity contribution in [1.82, 2.24) is 26.6 Å². The normalized spacial score (nSPS) is 19.9. The Bertz CT molecular complexity index is 2770. The lowest BCUT2D eigenvalue weighted by molar-refractivity contribution is -0.300. The number of esters is 1. The van der Waals surface area contributed by atoms with E-state index in [2.05, 4.69) is 32.8 Å². The van der Waals surface area contributed by atoms with E-state index < -0.39 is 79.2 Å². The average molecular weight is 1080 g/mol. The van der Waals surface area contributed by atoms with E-state index in [1.54, 1.807) is 47.6 Å². The number of nitrogens with zero attached hydrogens (tertiary/aromatic N) is 1. The Hall–Kier alpha value is -7.54. The van der Waals surface area contributed by atoms with Crippen LogP contribution in [0.25, 0.3) is 0 Å². The van der Waals surface area contributed by atoms with Gasteiger partial charge in [-0.25, -0.2) is 4.79 Å². The Morgan fingerprint density at radius 2 is 1.46 bits per heavy atom. The van der Waals surface area contributed by atoms with Crippen molar-refractivity contribution in [1.29, 1.82) is 0 Å². The van der Waals surface area contributed by atoms with Crippen LogP contribution in [0.1, 0.15) is 51.9 Å². The van der Waals surface area contributed by atoms with Crippen LogP contribution in [-0.2, 0) is 54.8 Å². The number of amides is 3. The molecule has 4 aliphatic rings. The molecule has 4 heterocycles. The third-order valence-corrected chi connectivity index (χ3v) is 12.9. The molecular weight excluding hydrogens is 1020 g/mol. The molecule has 8 rings (SSSR count). The molecule has 24 nitrogen and oxygen atoms in total. The van der Waals surface area contributed by atoms with Crippen molar-refractivity contribution in [2.45, 2.75) is 68.0 Å². The van der Waals surface area contributed by atoms with Gasteiger partial charge in [0.2, 0.25) is 17.7 Å². The van der Waals surface area contributed by atoms with Gasteiger partial charge in [-0.15, -0.1) is 17.9 Å². The Balaban J connectivity index is 0.710. The first-order valence-electron chi connectivity index (χ1n) is 25.2. The van der Waals surface area contributed by atoms with Crippen LogP contribution in [0.2, 0.25) is 0 Å². The number of anilines is 1. The van der Waals surface area contributed by atoms with Gasteiger partial charge in [0, 0.05) is 65.7 Å². The van der Waals surface area contributed by atoms with Gasteiger partial charge in [-0.2, -0.15) is 0 Å². The van der Waals surface area contributed by atoms with Crippen LogP contribution in [0, 0.1) is 12.3 Å². The lowest BCUT2D eigenvalue weighted by Gasteiger charge is -2.39. The topological polar surface area (TPSA) is 327 Å². The average Bonchev–Trinajstić information content (AvgIpc) is 4.21. The van der Waals surface area contributed by atoms with Gasteiger partial charge in [-0.3, -0.25) is 19.4 Å². The predicted octanol–water partition coefficient (Wildman–Crippen LogP) is 0.663. The third-order valence-electron chi connectivity index (χ3n) is 12.9. The predicted molar refractivity (Wildman–Crippen MR) is 273 cm³/mol. The molecule has 1 spiro atoms. The van der Waals surface area contributed by atoms with E-state index in [-0.39, 0.29) is 60.1 Å². The molecule has 6 atom stereocenters. The number of hydrazine groups is 2. The maximum atomic E-state index is 13.5. The summed E-state index contributed by atoms with van der Waals surface area (Å²) in [6, 6.07) is 19.7. The summed E-state index contributed by atoms with van der Waals surface area (Å²) in [6.07, 6.45) is 1.11. The highest BCUT2D eigenvalue weighted by Crippen LogP contribution is 2.57. The Morgan fingerprint density at radius 3 is 2.14 bits per heavy atom. The smallest absolute Gasteiger partial charge is 0.340 e. The molecule has 4 aromatic rings. The Kier molecular flexibility index (Phi) is 19.4. The monoisotopic (exact) mass is 1080 g/mol. The zero-order valence-corrected chi connectivity index (χ0v) is 42.3. The number of ether oxygens (including phenoxy) is 8. The van der Waals surface area contributed by atoms with E-state index in [9.17, 15) is 49.8 Å². The third kappa shape index (κ3) is 13.9. The van der Waals surface area contributed by atoms with Gasteiger partial charge in [0.05, 0.1) is 71.5 Å². The molecule has 4 aliphatic heterocycles. The molecule has 1 fully saturated rings. The summed E-state index contributed by atoms with van der Waals surface area (Å²) in [5.41, 5.74) is 7.66. The van der Waals surface area contributed by atoms with Crippen molar-refractivity contribution in [3.8, 4) is 41.1 Å². The second-order valence-corrected chi connectivity index (χ2v) is 18.3. The number of hydrogen-bond donors (Lipinski definition) is 11. The molecule has 1 saturated heterocycles. The number of phenolic OH excluding ortho intramolecular Hbond substituents is 2. The van der Waals surface area contributed by atoms with Crippen LogP contribution in [-0.4, -0.2) is 169 Å². The Labute approximate surface area is 448 Å². The maximum absolute atomic E-state index is 13.5. The van der Waals surface area contributed by atoms with E-state index >= 15 is 0 Å². The molecule has 78 heavy (non-hydrogen) atoms. The van der Waals surface area contributed by atoms with E-state index in [0.717, 1.165) is 5.56 Å². The van der Waals surface area contributed by atoms with Gasteiger partial charge in [0.25, 0.3) is 0 Å². The number of terminal acetylenes is 1. The fraction of sp³-hybridized carbons (Fsp3) is 0.407. The first-order chi connectivity index (χ1) is 37.8. The summed E-state index contributed by atoms with van der Waals surface area (Å²) in [5, 5.41) is 69.4. The Morgan fingerprint density at radius 1 is 0.795 bits per heavy atom. The van der Waals surface area contributed by atoms with Gasteiger partial charge in [-0.05, 0) is 60.5 Å². The molecule has 4 aromatic carbocycles. The highest BCUT2D eigenvalue weighted by Gasteiger charge is 2.54. The molecule has 0 radical (unpaired) electrons. The van der Waals surface area contributed by atoms with Crippen LogP contribution in [0.5, 0.6) is 28.7 Å².